The summed E-state index contributed by atoms with van der Waals surface area (Å²) in [6.45, 7) is 4.13. The molecule has 1 saturated heterocycles. The van der Waals surface area contributed by atoms with Crippen LogP contribution in [0.5, 0.6) is 17.2 Å². The van der Waals surface area contributed by atoms with Crippen molar-refractivity contribution in [1.82, 2.24) is 4.90 Å². The second-order valence-corrected chi connectivity index (χ2v) is 7.79. The van der Waals surface area contributed by atoms with Gasteiger partial charge in [0.05, 0.1) is 32.8 Å². The molecule has 8 heteroatoms. The van der Waals surface area contributed by atoms with Gasteiger partial charge in [-0.3, -0.25) is 9.69 Å². The zero-order valence-corrected chi connectivity index (χ0v) is 18.6. The molecule has 1 aliphatic rings. The van der Waals surface area contributed by atoms with Crippen molar-refractivity contribution in [3.8, 4) is 17.2 Å². The Morgan fingerprint density at radius 3 is 2.35 bits per heavy atom. The molecule has 2 aromatic rings. The quantitative estimate of drug-likeness (QED) is 0.338. The third-order valence-electron chi connectivity index (χ3n) is 4.63. The standard InChI is InChI=1S/C23H25N3O4S/c1-5-11-26-22(27)20(14-16-9-7-6-8-10-16)31-23(26)25-24-15-17-12-18(28-2)21(30-4)19(13-17)29-3/h5-10,12-13,15,20H,1,11,14H2,2-4H3/b24-15+,25-23-. The van der Waals surface area contributed by atoms with Crippen molar-refractivity contribution in [2.75, 3.05) is 27.9 Å². The smallest absolute Gasteiger partial charge is 0.242 e. The van der Waals surface area contributed by atoms with Crippen molar-refractivity contribution in [2.45, 2.75) is 11.7 Å². The fraction of sp³-hybridized carbons (Fsp3) is 0.261. The van der Waals surface area contributed by atoms with Crippen LogP contribution in [0.25, 0.3) is 0 Å². The lowest BCUT2D eigenvalue weighted by Gasteiger charge is -2.13. The first kappa shape index (κ1) is 22.4. The van der Waals surface area contributed by atoms with Crippen LogP contribution in [-0.2, 0) is 11.2 Å². The Hall–Kier alpha value is -3.26. The van der Waals surface area contributed by atoms with Crippen LogP contribution in [0, 0.1) is 0 Å². The molecule has 1 unspecified atom stereocenters. The minimum Gasteiger partial charge on any atom is -0.493 e. The Kier molecular flexibility index (Phi) is 7.72. The monoisotopic (exact) mass is 439 g/mol. The zero-order valence-electron chi connectivity index (χ0n) is 17.8. The number of carbonyl (C=O) groups excluding carboxylic acids is 1. The summed E-state index contributed by atoms with van der Waals surface area (Å²) in [7, 11) is 4.66. The number of methoxy groups -OCH3 is 3. The first-order valence-electron chi connectivity index (χ1n) is 9.65. The Labute approximate surface area is 186 Å². The van der Waals surface area contributed by atoms with Gasteiger partial charge in [0, 0.05) is 12.1 Å². The number of amidine groups is 1. The number of hydrogen-bond acceptors (Lipinski definition) is 7. The Morgan fingerprint density at radius 2 is 1.77 bits per heavy atom. The summed E-state index contributed by atoms with van der Waals surface area (Å²) in [4.78, 5) is 14.5. The van der Waals surface area contributed by atoms with Gasteiger partial charge >= 0.3 is 0 Å². The van der Waals surface area contributed by atoms with Crippen LogP contribution in [-0.4, -0.2) is 55.3 Å². The minimum atomic E-state index is -0.238. The molecule has 0 saturated carbocycles. The number of benzene rings is 2. The van der Waals surface area contributed by atoms with Gasteiger partial charge in [0.25, 0.3) is 0 Å². The first-order chi connectivity index (χ1) is 15.1. The normalized spacial score (nSPS) is 17.4. The Morgan fingerprint density at radius 1 is 1.10 bits per heavy atom. The van der Waals surface area contributed by atoms with E-state index in [0.717, 1.165) is 11.1 Å². The fourth-order valence-electron chi connectivity index (χ4n) is 3.16. The van der Waals surface area contributed by atoms with E-state index in [1.165, 1.54) is 11.8 Å². The molecule has 1 atom stereocenters. The van der Waals surface area contributed by atoms with E-state index in [1.807, 2.05) is 30.3 Å². The number of carbonyl (C=O) groups is 1. The summed E-state index contributed by atoms with van der Waals surface area (Å²) in [6.07, 6.45) is 3.90. The van der Waals surface area contributed by atoms with Gasteiger partial charge in [0.2, 0.25) is 11.7 Å². The number of amides is 1. The number of ether oxygens (including phenoxy) is 3. The van der Waals surface area contributed by atoms with Crippen molar-refractivity contribution < 1.29 is 19.0 Å². The average molecular weight is 440 g/mol. The lowest BCUT2D eigenvalue weighted by Crippen LogP contribution is -2.32. The highest BCUT2D eigenvalue weighted by Gasteiger charge is 2.37. The van der Waals surface area contributed by atoms with Crippen molar-refractivity contribution in [2.24, 2.45) is 10.2 Å². The molecule has 1 heterocycles. The average Bonchev–Trinajstić information content (AvgIpc) is 3.08. The van der Waals surface area contributed by atoms with Crippen molar-refractivity contribution in [3.63, 3.8) is 0 Å². The van der Waals surface area contributed by atoms with Gasteiger partial charge in [-0.1, -0.05) is 48.2 Å². The van der Waals surface area contributed by atoms with Gasteiger partial charge in [-0.2, -0.15) is 5.10 Å². The van der Waals surface area contributed by atoms with Crippen molar-refractivity contribution in [3.05, 3.63) is 66.2 Å². The second-order valence-electron chi connectivity index (χ2n) is 6.62. The molecule has 7 nitrogen and oxygen atoms in total. The number of thioether (sulfide) groups is 1. The number of hydrogen-bond donors (Lipinski definition) is 0. The third kappa shape index (κ3) is 5.27. The predicted molar refractivity (Wildman–Crippen MR) is 125 cm³/mol. The summed E-state index contributed by atoms with van der Waals surface area (Å²) in [5.41, 5.74) is 1.83. The summed E-state index contributed by atoms with van der Waals surface area (Å²) >= 11 is 1.41. The van der Waals surface area contributed by atoms with Gasteiger partial charge in [0.15, 0.2) is 16.7 Å². The third-order valence-corrected chi connectivity index (χ3v) is 5.80. The highest BCUT2D eigenvalue weighted by Crippen LogP contribution is 2.37. The van der Waals surface area contributed by atoms with E-state index < -0.39 is 0 Å². The maximum Gasteiger partial charge on any atom is 0.242 e. The maximum absolute atomic E-state index is 12.9. The first-order valence-corrected chi connectivity index (χ1v) is 10.5. The topological polar surface area (TPSA) is 72.7 Å². The lowest BCUT2D eigenvalue weighted by molar-refractivity contribution is -0.125. The molecular weight excluding hydrogens is 414 g/mol. The van der Waals surface area contributed by atoms with Crippen molar-refractivity contribution in [1.29, 1.82) is 0 Å². The van der Waals surface area contributed by atoms with Crippen LogP contribution in [0.2, 0.25) is 0 Å². The van der Waals surface area contributed by atoms with Gasteiger partial charge < -0.3 is 14.2 Å². The van der Waals surface area contributed by atoms with Gasteiger partial charge in [-0.25, -0.2) is 0 Å². The fourth-order valence-corrected chi connectivity index (χ4v) is 4.31. The van der Waals surface area contributed by atoms with Crippen LogP contribution in [0.1, 0.15) is 11.1 Å². The molecular formula is C23H25N3O4S. The molecule has 3 rings (SSSR count). The maximum atomic E-state index is 12.9. The van der Waals surface area contributed by atoms with Crippen molar-refractivity contribution >= 4 is 29.1 Å². The molecule has 162 valence electrons. The molecule has 1 amide bonds. The van der Waals surface area contributed by atoms with Crippen LogP contribution < -0.4 is 14.2 Å². The molecule has 0 aromatic heterocycles. The molecule has 31 heavy (non-hydrogen) atoms. The highest BCUT2D eigenvalue weighted by atomic mass is 32.2. The van der Waals surface area contributed by atoms with E-state index in [-0.39, 0.29) is 11.2 Å². The zero-order chi connectivity index (χ0) is 22.2. The molecule has 0 spiro atoms. The van der Waals surface area contributed by atoms with E-state index >= 15 is 0 Å². The van der Waals surface area contributed by atoms with Gasteiger partial charge in [-0.15, -0.1) is 11.7 Å². The van der Waals surface area contributed by atoms with Gasteiger partial charge in [-0.05, 0) is 24.1 Å². The predicted octanol–water partition coefficient (Wildman–Crippen LogP) is 3.78. The summed E-state index contributed by atoms with van der Waals surface area (Å²) in [5.74, 6) is 1.57. The largest absolute Gasteiger partial charge is 0.493 e. The highest BCUT2D eigenvalue weighted by molar-refractivity contribution is 8.15. The molecule has 0 bridgehead atoms. The number of rotatable bonds is 9. The second kappa shape index (κ2) is 10.7. The van der Waals surface area contributed by atoms with E-state index in [1.54, 1.807) is 50.7 Å². The Balaban J connectivity index is 1.81. The van der Waals surface area contributed by atoms with E-state index in [9.17, 15) is 4.79 Å². The van der Waals surface area contributed by atoms with E-state index in [0.29, 0.717) is 35.4 Å². The number of nitrogens with zero attached hydrogens (tertiary/aromatic N) is 3. The minimum absolute atomic E-state index is 0.00971. The SMILES string of the molecule is C=CCN1C(=O)C(Cc2ccccc2)S/C1=N\N=C\c1cc(OC)c(OC)c(OC)c1. The van der Waals surface area contributed by atoms with E-state index in [2.05, 4.69) is 16.8 Å². The lowest BCUT2D eigenvalue weighted by atomic mass is 10.1. The molecule has 0 N–H and O–H groups in total. The summed E-state index contributed by atoms with van der Waals surface area (Å²) in [6, 6.07) is 13.5. The molecule has 1 aliphatic heterocycles. The van der Waals surface area contributed by atoms with Gasteiger partial charge in [0.1, 0.15) is 0 Å². The Bertz CT molecular complexity index is 967. The summed E-state index contributed by atoms with van der Waals surface area (Å²) in [5, 5.41) is 8.82. The summed E-state index contributed by atoms with van der Waals surface area (Å²) < 4.78 is 16.1. The molecule has 1 fully saturated rings. The molecule has 0 radical (unpaired) electrons. The molecule has 2 aromatic carbocycles. The van der Waals surface area contributed by atoms with E-state index in [4.69, 9.17) is 14.2 Å². The van der Waals surface area contributed by atoms with Crippen LogP contribution in [0.15, 0.2) is 65.3 Å². The van der Waals surface area contributed by atoms with Crippen LogP contribution in [0.4, 0.5) is 0 Å². The van der Waals surface area contributed by atoms with Crippen LogP contribution in [0.3, 0.4) is 0 Å². The molecule has 0 aliphatic carbocycles. The van der Waals surface area contributed by atoms with Crippen LogP contribution >= 0.6 is 11.8 Å².